The molecule has 6 nitrogen and oxygen atoms in total. The monoisotopic (exact) mass is 538 g/mol. The number of rotatable bonds is 6. The van der Waals surface area contributed by atoms with Crippen molar-refractivity contribution in [3.8, 4) is 10.4 Å². The molecule has 3 unspecified atom stereocenters. The number of nitrogens with one attached hydrogen (secondary N) is 1. The van der Waals surface area contributed by atoms with Crippen LogP contribution in [0.4, 0.5) is 0 Å². The molecule has 2 amide bonds. The van der Waals surface area contributed by atoms with Gasteiger partial charge in [-0.05, 0) is 41.8 Å². The van der Waals surface area contributed by atoms with E-state index in [0.29, 0.717) is 24.3 Å². The third-order valence-electron chi connectivity index (χ3n) is 6.24. The van der Waals surface area contributed by atoms with Gasteiger partial charge in [-0.15, -0.1) is 11.3 Å². The molecule has 2 aliphatic heterocycles. The molecule has 0 radical (unpaired) electrons. The quantitative estimate of drug-likeness (QED) is 0.512. The Labute approximate surface area is 210 Å². The van der Waals surface area contributed by atoms with E-state index in [1.165, 1.54) is 11.3 Å². The molecule has 3 atom stereocenters. The van der Waals surface area contributed by atoms with Crippen LogP contribution in [-0.2, 0) is 20.7 Å². The largest absolute Gasteiger partial charge is 0.368 e. The van der Waals surface area contributed by atoms with Crippen LogP contribution in [0.3, 0.4) is 0 Å². The Kier molecular flexibility index (Phi) is 6.63. The van der Waals surface area contributed by atoms with Crippen molar-refractivity contribution in [1.29, 1.82) is 0 Å². The SMILES string of the molecule is O=C(NC(Cc1ccc(Br)cc1)C(=O)N1CCC2OCC(=O)C21)c1ccc(-c2ccccc2)s1. The van der Waals surface area contributed by atoms with E-state index >= 15 is 0 Å². The highest BCUT2D eigenvalue weighted by molar-refractivity contribution is 9.10. The number of likely N-dealkylation sites (tertiary alicyclic amines) is 1. The summed E-state index contributed by atoms with van der Waals surface area (Å²) in [7, 11) is 0. The van der Waals surface area contributed by atoms with Crippen LogP contribution in [-0.4, -0.2) is 53.8 Å². The van der Waals surface area contributed by atoms with Gasteiger partial charge in [0.15, 0.2) is 5.78 Å². The molecule has 34 heavy (non-hydrogen) atoms. The van der Waals surface area contributed by atoms with Crippen molar-refractivity contribution in [3.63, 3.8) is 0 Å². The van der Waals surface area contributed by atoms with Gasteiger partial charge in [0.1, 0.15) is 18.7 Å². The highest BCUT2D eigenvalue weighted by Gasteiger charge is 2.48. The topological polar surface area (TPSA) is 75.7 Å². The van der Waals surface area contributed by atoms with E-state index in [2.05, 4.69) is 21.2 Å². The Morgan fingerprint density at radius 3 is 2.62 bits per heavy atom. The van der Waals surface area contributed by atoms with E-state index in [9.17, 15) is 14.4 Å². The van der Waals surface area contributed by atoms with Crippen molar-refractivity contribution >= 4 is 44.9 Å². The molecule has 3 heterocycles. The number of carbonyl (C=O) groups is 3. The van der Waals surface area contributed by atoms with Crippen molar-refractivity contribution in [2.45, 2.75) is 31.0 Å². The van der Waals surface area contributed by atoms with Crippen LogP contribution in [0.5, 0.6) is 0 Å². The highest BCUT2D eigenvalue weighted by Crippen LogP contribution is 2.29. The van der Waals surface area contributed by atoms with Crippen LogP contribution >= 0.6 is 27.3 Å². The van der Waals surface area contributed by atoms with Crippen molar-refractivity contribution < 1.29 is 19.1 Å². The minimum Gasteiger partial charge on any atom is -0.368 e. The van der Waals surface area contributed by atoms with Gasteiger partial charge < -0.3 is 15.0 Å². The number of hydrogen-bond acceptors (Lipinski definition) is 5. The van der Waals surface area contributed by atoms with Crippen LogP contribution in [0.2, 0.25) is 0 Å². The fraction of sp³-hybridized carbons (Fsp3) is 0.269. The third-order valence-corrected chi connectivity index (χ3v) is 7.90. The van der Waals surface area contributed by atoms with Crippen LogP contribution in [0.25, 0.3) is 10.4 Å². The Morgan fingerprint density at radius 2 is 1.85 bits per heavy atom. The number of benzene rings is 2. The fourth-order valence-corrected chi connectivity index (χ4v) is 5.72. The molecule has 1 N–H and O–H groups in total. The summed E-state index contributed by atoms with van der Waals surface area (Å²) in [6.45, 7) is 0.490. The van der Waals surface area contributed by atoms with Crippen molar-refractivity contribution in [1.82, 2.24) is 10.2 Å². The smallest absolute Gasteiger partial charge is 0.262 e. The van der Waals surface area contributed by atoms with E-state index in [1.54, 1.807) is 11.0 Å². The van der Waals surface area contributed by atoms with Gasteiger partial charge in [0.2, 0.25) is 5.91 Å². The second kappa shape index (κ2) is 9.82. The zero-order chi connectivity index (χ0) is 23.7. The summed E-state index contributed by atoms with van der Waals surface area (Å²) >= 11 is 4.82. The third kappa shape index (κ3) is 4.71. The molecule has 3 aromatic rings. The molecule has 0 bridgehead atoms. The molecular formula is C26H23BrN2O4S. The summed E-state index contributed by atoms with van der Waals surface area (Å²) in [4.78, 5) is 42.3. The number of nitrogens with zero attached hydrogens (tertiary/aromatic N) is 1. The first-order chi connectivity index (χ1) is 16.5. The lowest BCUT2D eigenvalue weighted by Crippen LogP contribution is -2.53. The number of halogens is 1. The number of Topliss-reactive ketones (excluding diaryl/α,β-unsaturated/α-hetero) is 1. The zero-order valence-electron chi connectivity index (χ0n) is 18.3. The summed E-state index contributed by atoms with van der Waals surface area (Å²) in [6, 6.07) is 19.9. The van der Waals surface area contributed by atoms with Gasteiger partial charge in [-0.25, -0.2) is 0 Å². The van der Waals surface area contributed by atoms with Gasteiger partial charge in [-0.1, -0.05) is 58.4 Å². The lowest BCUT2D eigenvalue weighted by Gasteiger charge is -2.27. The van der Waals surface area contributed by atoms with Gasteiger partial charge in [0.25, 0.3) is 5.91 Å². The lowest BCUT2D eigenvalue weighted by molar-refractivity contribution is -0.138. The maximum Gasteiger partial charge on any atom is 0.262 e. The van der Waals surface area contributed by atoms with Crippen molar-refractivity contribution in [3.05, 3.63) is 81.6 Å². The maximum absolute atomic E-state index is 13.6. The van der Waals surface area contributed by atoms with E-state index in [1.807, 2.05) is 60.7 Å². The second-order valence-corrected chi connectivity index (χ2v) is 10.5. The Balaban J connectivity index is 1.37. The number of amides is 2. The first-order valence-corrected chi connectivity index (χ1v) is 12.8. The van der Waals surface area contributed by atoms with E-state index < -0.39 is 12.1 Å². The van der Waals surface area contributed by atoms with Gasteiger partial charge in [-0.2, -0.15) is 0 Å². The van der Waals surface area contributed by atoms with E-state index in [4.69, 9.17) is 4.74 Å². The summed E-state index contributed by atoms with van der Waals surface area (Å²) in [6.07, 6.45) is 0.718. The Bertz CT molecular complexity index is 1210. The van der Waals surface area contributed by atoms with Gasteiger partial charge in [0, 0.05) is 22.3 Å². The molecule has 0 saturated carbocycles. The fourth-order valence-electron chi connectivity index (χ4n) is 4.54. The summed E-state index contributed by atoms with van der Waals surface area (Å²) in [5.74, 6) is -0.620. The van der Waals surface area contributed by atoms with Crippen LogP contribution in [0, 0.1) is 0 Å². The highest BCUT2D eigenvalue weighted by atomic mass is 79.9. The van der Waals surface area contributed by atoms with E-state index in [0.717, 1.165) is 20.5 Å². The van der Waals surface area contributed by atoms with Gasteiger partial charge in [0.05, 0.1) is 11.0 Å². The molecule has 8 heteroatoms. The lowest BCUT2D eigenvalue weighted by atomic mass is 10.0. The molecule has 2 fully saturated rings. The Hall–Kier alpha value is -2.81. The van der Waals surface area contributed by atoms with Crippen LogP contribution in [0.1, 0.15) is 21.7 Å². The van der Waals surface area contributed by atoms with Crippen molar-refractivity contribution in [2.24, 2.45) is 0 Å². The van der Waals surface area contributed by atoms with Crippen LogP contribution < -0.4 is 5.32 Å². The zero-order valence-corrected chi connectivity index (χ0v) is 20.7. The van der Waals surface area contributed by atoms with Gasteiger partial charge in [-0.3, -0.25) is 14.4 Å². The van der Waals surface area contributed by atoms with Gasteiger partial charge >= 0.3 is 0 Å². The first-order valence-electron chi connectivity index (χ1n) is 11.1. The van der Waals surface area contributed by atoms with E-state index in [-0.39, 0.29) is 30.3 Å². The molecular weight excluding hydrogens is 516 g/mol. The molecule has 0 spiro atoms. The summed E-state index contributed by atoms with van der Waals surface area (Å²) in [5, 5.41) is 2.95. The number of thiophene rings is 1. The standard InChI is InChI=1S/C26H23BrN2O4S/c27-18-8-6-16(7-9-18)14-19(26(32)29-13-12-21-24(29)20(30)15-33-21)28-25(31)23-11-10-22(34-23)17-4-2-1-3-5-17/h1-11,19,21,24H,12-15H2,(H,28,31). The number of ether oxygens (including phenoxy) is 1. The number of hydrogen-bond donors (Lipinski definition) is 1. The molecule has 2 aliphatic rings. The number of ketones is 1. The second-order valence-electron chi connectivity index (χ2n) is 8.47. The maximum atomic E-state index is 13.6. The minimum atomic E-state index is -0.789. The first kappa shape index (κ1) is 23.0. The molecule has 174 valence electrons. The van der Waals surface area contributed by atoms with Crippen molar-refractivity contribution in [2.75, 3.05) is 13.2 Å². The predicted molar refractivity (Wildman–Crippen MR) is 134 cm³/mol. The number of carbonyl (C=O) groups excluding carboxylic acids is 3. The summed E-state index contributed by atoms with van der Waals surface area (Å²) in [5.41, 5.74) is 1.96. The summed E-state index contributed by atoms with van der Waals surface area (Å²) < 4.78 is 6.48. The predicted octanol–water partition coefficient (Wildman–Crippen LogP) is 4.09. The molecule has 2 aromatic carbocycles. The minimum absolute atomic E-state index is 0.0420. The number of fused-ring (bicyclic) bond motifs is 1. The molecule has 1 aromatic heterocycles. The molecule has 2 saturated heterocycles. The average molecular weight is 539 g/mol. The average Bonchev–Trinajstić information content (AvgIpc) is 3.58. The van der Waals surface area contributed by atoms with Crippen LogP contribution in [0.15, 0.2) is 71.2 Å². The Morgan fingerprint density at radius 1 is 1.09 bits per heavy atom. The molecule has 0 aliphatic carbocycles. The molecule has 5 rings (SSSR count). The normalized spacial score (nSPS) is 20.3.